The highest BCUT2D eigenvalue weighted by atomic mass is 35.5. The molecule has 150 valence electrons. The molecule has 4 nitrogen and oxygen atoms in total. The Morgan fingerprint density at radius 3 is 2.66 bits per heavy atom. The van der Waals surface area contributed by atoms with Gasteiger partial charge in [0.1, 0.15) is 0 Å². The predicted molar refractivity (Wildman–Crippen MR) is 119 cm³/mol. The van der Waals surface area contributed by atoms with Crippen molar-refractivity contribution in [1.29, 1.82) is 0 Å². The number of piperazine rings is 1. The van der Waals surface area contributed by atoms with E-state index in [1.165, 1.54) is 9.75 Å². The summed E-state index contributed by atoms with van der Waals surface area (Å²) in [5, 5.41) is 0.765. The third kappa shape index (κ3) is 5.44. The molecule has 3 aromatic rings. The van der Waals surface area contributed by atoms with Crippen LogP contribution in [0.2, 0.25) is 5.02 Å². The molecule has 29 heavy (non-hydrogen) atoms. The monoisotopic (exact) mass is 425 g/mol. The third-order valence-electron chi connectivity index (χ3n) is 5.20. The highest BCUT2D eigenvalue weighted by molar-refractivity contribution is 7.15. The molecular formula is C23H24ClN3OS. The number of nitrogens with zero attached hydrogens (tertiary/aromatic N) is 3. The number of amides is 1. The smallest absolute Gasteiger partial charge is 0.223 e. The standard InChI is InChI=1S/C23H24ClN3OS/c24-19-5-3-4-18(16-19)22-9-8-21(29-22)17-26-12-14-27(15-13-26)23(28)10-7-20-6-1-2-11-25-20/h1-6,8-9,11,16H,7,10,12-15,17H2. The molecule has 0 saturated carbocycles. The van der Waals surface area contributed by atoms with Crippen molar-refractivity contribution >= 4 is 28.8 Å². The van der Waals surface area contributed by atoms with Gasteiger partial charge >= 0.3 is 0 Å². The van der Waals surface area contributed by atoms with Crippen molar-refractivity contribution in [3.63, 3.8) is 0 Å². The largest absolute Gasteiger partial charge is 0.340 e. The normalized spacial score (nSPS) is 14.9. The van der Waals surface area contributed by atoms with E-state index in [1.807, 2.05) is 52.6 Å². The van der Waals surface area contributed by atoms with E-state index in [4.69, 9.17) is 11.6 Å². The zero-order valence-corrected chi connectivity index (χ0v) is 17.8. The fraction of sp³-hybridized carbons (Fsp3) is 0.304. The van der Waals surface area contributed by atoms with Crippen molar-refractivity contribution < 1.29 is 4.79 Å². The summed E-state index contributed by atoms with van der Waals surface area (Å²) < 4.78 is 0. The Morgan fingerprint density at radius 1 is 1.03 bits per heavy atom. The molecule has 1 aromatic carbocycles. The van der Waals surface area contributed by atoms with Crippen molar-refractivity contribution in [2.24, 2.45) is 0 Å². The predicted octanol–water partition coefficient (Wildman–Crippen LogP) is 4.74. The molecule has 2 aromatic heterocycles. The van der Waals surface area contributed by atoms with E-state index in [0.717, 1.165) is 49.0 Å². The highest BCUT2D eigenvalue weighted by Gasteiger charge is 2.21. The Hall–Kier alpha value is -2.21. The van der Waals surface area contributed by atoms with Crippen molar-refractivity contribution in [2.45, 2.75) is 19.4 Å². The van der Waals surface area contributed by atoms with Gasteiger partial charge in [-0.2, -0.15) is 0 Å². The number of rotatable bonds is 6. The maximum absolute atomic E-state index is 12.5. The molecule has 1 amide bonds. The highest BCUT2D eigenvalue weighted by Crippen LogP contribution is 2.30. The Labute approximate surface area is 180 Å². The zero-order chi connectivity index (χ0) is 20.1. The van der Waals surface area contributed by atoms with Crippen LogP contribution in [0.25, 0.3) is 10.4 Å². The number of aromatic nitrogens is 1. The maximum Gasteiger partial charge on any atom is 0.223 e. The van der Waals surface area contributed by atoms with Gasteiger partial charge in [0.15, 0.2) is 0 Å². The molecule has 0 radical (unpaired) electrons. The fourth-order valence-electron chi connectivity index (χ4n) is 3.57. The third-order valence-corrected chi connectivity index (χ3v) is 6.55. The van der Waals surface area contributed by atoms with Gasteiger partial charge in [-0.1, -0.05) is 29.8 Å². The first-order valence-corrected chi connectivity index (χ1v) is 11.1. The number of halogens is 1. The molecule has 0 atom stereocenters. The van der Waals surface area contributed by atoms with E-state index in [2.05, 4.69) is 28.1 Å². The lowest BCUT2D eigenvalue weighted by Gasteiger charge is -2.34. The Balaban J connectivity index is 1.25. The molecule has 0 spiro atoms. The lowest BCUT2D eigenvalue weighted by molar-refractivity contribution is -0.133. The minimum Gasteiger partial charge on any atom is -0.340 e. The van der Waals surface area contributed by atoms with Gasteiger partial charge in [-0.15, -0.1) is 11.3 Å². The molecule has 1 saturated heterocycles. The fourth-order valence-corrected chi connectivity index (χ4v) is 4.81. The van der Waals surface area contributed by atoms with E-state index in [9.17, 15) is 4.79 Å². The van der Waals surface area contributed by atoms with Gasteiger partial charge in [0.25, 0.3) is 0 Å². The topological polar surface area (TPSA) is 36.4 Å². The molecule has 1 aliphatic heterocycles. The summed E-state index contributed by atoms with van der Waals surface area (Å²) in [5.41, 5.74) is 2.14. The zero-order valence-electron chi connectivity index (χ0n) is 16.3. The Morgan fingerprint density at radius 2 is 1.90 bits per heavy atom. The number of carbonyl (C=O) groups excluding carboxylic acids is 1. The lowest BCUT2D eigenvalue weighted by Crippen LogP contribution is -2.48. The van der Waals surface area contributed by atoms with Gasteiger partial charge in [0.05, 0.1) is 0 Å². The number of carbonyl (C=O) groups is 1. The minimum absolute atomic E-state index is 0.231. The molecule has 0 bridgehead atoms. The van der Waals surface area contributed by atoms with E-state index in [1.54, 1.807) is 6.20 Å². The summed E-state index contributed by atoms with van der Waals surface area (Å²) >= 11 is 7.93. The molecule has 4 rings (SSSR count). The molecule has 1 fully saturated rings. The maximum atomic E-state index is 12.5. The first-order valence-electron chi connectivity index (χ1n) is 9.92. The summed E-state index contributed by atoms with van der Waals surface area (Å²) in [7, 11) is 0. The van der Waals surface area contributed by atoms with Gasteiger partial charge in [0.2, 0.25) is 5.91 Å². The van der Waals surface area contributed by atoms with Crippen molar-refractivity contribution in [1.82, 2.24) is 14.8 Å². The van der Waals surface area contributed by atoms with Gasteiger partial charge in [-0.05, 0) is 48.4 Å². The van der Waals surface area contributed by atoms with Gasteiger partial charge in [-0.25, -0.2) is 0 Å². The second-order valence-corrected chi connectivity index (χ2v) is 8.86. The van der Waals surface area contributed by atoms with Crippen LogP contribution in [-0.2, 0) is 17.8 Å². The Bertz CT molecular complexity index is 952. The van der Waals surface area contributed by atoms with Crippen LogP contribution in [-0.4, -0.2) is 46.9 Å². The van der Waals surface area contributed by atoms with E-state index in [0.29, 0.717) is 12.8 Å². The summed E-state index contributed by atoms with van der Waals surface area (Å²) in [6.07, 6.45) is 3.02. The number of pyridine rings is 1. The van der Waals surface area contributed by atoms with Crippen LogP contribution in [0.5, 0.6) is 0 Å². The quantitative estimate of drug-likeness (QED) is 0.572. The van der Waals surface area contributed by atoms with Crippen molar-refractivity contribution in [3.05, 3.63) is 76.4 Å². The van der Waals surface area contributed by atoms with Crippen LogP contribution in [0.15, 0.2) is 60.8 Å². The first kappa shape index (κ1) is 20.1. The van der Waals surface area contributed by atoms with Gasteiger partial charge < -0.3 is 4.90 Å². The molecule has 3 heterocycles. The molecule has 0 N–H and O–H groups in total. The van der Waals surface area contributed by atoms with Crippen LogP contribution in [0.1, 0.15) is 17.0 Å². The lowest BCUT2D eigenvalue weighted by atomic mass is 10.2. The summed E-state index contributed by atoms with van der Waals surface area (Å²) in [6, 6.07) is 18.2. The SMILES string of the molecule is O=C(CCc1ccccn1)N1CCN(Cc2ccc(-c3cccc(Cl)c3)s2)CC1. The van der Waals surface area contributed by atoms with Crippen LogP contribution in [0.3, 0.4) is 0 Å². The number of thiophene rings is 1. The van der Waals surface area contributed by atoms with Crippen LogP contribution in [0, 0.1) is 0 Å². The van der Waals surface area contributed by atoms with Crippen molar-refractivity contribution in [2.75, 3.05) is 26.2 Å². The number of benzene rings is 1. The van der Waals surface area contributed by atoms with Gasteiger partial charge in [0, 0.05) is 65.8 Å². The first-order chi connectivity index (χ1) is 14.2. The summed E-state index contributed by atoms with van der Waals surface area (Å²) in [5.74, 6) is 0.231. The number of aryl methyl sites for hydroxylation is 1. The number of hydrogen-bond donors (Lipinski definition) is 0. The van der Waals surface area contributed by atoms with E-state index in [-0.39, 0.29) is 5.91 Å². The van der Waals surface area contributed by atoms with Crippen LogP contribution in [0.4, 0.5) is 0 Å². The number of hydrogen-bond acceptors (Lipinski definition) is 4. The second kappa shape index (κ2) is 9.53. The molecular weight excluding hydrogens is 402 g/mol. The van der Waals surface area contributed by atoms with E-state index < -0.39 is 0 Å². The molecule has 1 aliphatic rings. The van der Waals surface area contributed by atoms with E-state index >= 15 is 0 Å². The molecule has 0 aliphatic carbocycles. The molecule has 6 heteroatoms. The second-order valence-electron chi connectivity index (χ2n) is 7.25. The average molecular weight is 426 g/mol. The van der Waals surface area contributed by atoms with Gasteiger partial charge in [-0.3, -0.25) is 14.7 Å². The van der Waals surface area contributed by atoms with Crippen molar-refractivity contribution in [3.8, 4) is 10.4 Å². The molecule has 0 unspecified atom stereocenters. The minimum atomic E-state index is 0.231. The Kier molecular flexibility index (Phi) is 6.60. The average Bonchev–Trinajstić information content (AvgIpc) is 3.22. The van der Waals surface area contributed by atoms with Crippen LogP contribution >= 0.6 is 22.9 Å². The summed E-state index contributed by atoms with van der Waals surface area (Å²) in [6.45, 7) is 4.36. The van der Waals surface area contributed by atoms with Crippen LogP contribution < -0.4 is 0 Å². The summed E-state index contributed by atoms with van der Waals surface area (Å²) in [4.78, 5) is 23.8.